The molecule has 2 aromatic heterocycles. The molecule has 0 fully saturated rings. The number of ether oxygens (including phenoxy) is 1. The molecule has 2 heterocycles. The van der Waals surface area contributed by atoms with Crippen molar-refractivity contribution in [2.24, 2.45) is 5.73 Å². The molecule has 0 spiro atoms. The molecule has 180 valence electrons. The van der Waals surface area contributed by atoms with Crippen molar-refractivity contribution >= 4 is 17.0 Å². The van der Waals surface area contributed by atoms with Gasteiger partial charge in [-0.1, -0.05) is 30.3 Å². The molecule has 1 unspecified atom stereocenters. The lowest BCUT2D eigenvalue weighted by Gasteiger charge is -2.24. The molecule has 1 amide bonds. The second kappa shape index (κ2) is 10.3. The van der Waals surface area contributed by atoms with Gasteiger partial charge >= 0.3 is 0 Å². The molecule has 2 aromatic carbocycles. The third-order valence-electron chi connectivity index (χ3n) is 5.27. The summed E-state index contributed by atoms with van der Waals surface area (Å²) in [6.45, 7) is 10.9. The number of benzene rings is 2. The molecule has 0 bridgehead atoms. The summed E-state index contributed by atoms with van der Waals surface area (Å²) in [6.07, 6.45) is 0.182. The molecule has 35 heavy (non-hydrogen) atoms. The zero-order chi connectivity index (χ0) is 24.8. The monoisotopic (exact) mass is 474 g/mol. The predicted molar refractivity (Wildman–Crippen MR) is 127 cm³/mol. The van der Waals surface area contributed by atoms with E-state index < -0.39 is 23.5 Å². The lowest BCUT2D eigenvalue weighted by atomic mass is 10.0. The average molecular weight is 475 g/mol. The predicted octanol–water partition coefficient (Wildman–Crippen LogP) is 2.49. The Hall–Kier alpha value is -4.30. The van der Waals surface area contributed by atoms with Crippen LogP contribution in [0.1, 0.15) is 37.6 Å². The Morgan fingerprint density at radius 1 is 1.23 bits per heavy atom. The molecule has 3 N–H and O–H groups in total. The van der Waals surface area contributed by atoms with E-state index >= 15 is 0 Å². The first-order valence-electron chi connectivity index (χ1n) is 11.1. The summed E-state index contributed by atoms with van der Waals surface area (Å²) in [6, 6.07) is 15.5. The summed E-state index contributed by atoms with van der Waals surface area (Å²) in [4.78, 5) is 20.9. The fraction of sp³-hybridized carbons (Fsp3) is 0.333. The maximum Gasteiger partial charge on any atom is 0.240 e. The number of hydrogen-bond donors (Lipinski definition) is 2. The van der Waals surface area contributed by atoms with Crippen LogP contribution in [0.15, 0.2) is 59.0 Å². The van der Waals surface area contributed by atoms with Crippen molar-refractivity contribution in [2.75, 3.05) is 13.2 Å². The number of nitrogens with one attached hydrogen (secondary N) is 1. The van der Waals surface area contributed by atoms with E-state index in [-0.39, 0.29) is 19.6 Å². The molecule has 0 aliphatic heterocycles. The van der Waals surface area contributed by atoms with E-state index in [0.717, 1.165) is 0 Å². The van der Waals surface area contributed by atoms with Crippen molar-refractivity contribution in [3.8, 4) is 5.75 Å². The molecular weight excluding hydrogens is 448 g/mol. The van der Waals surface area contributed by atoms with Gasteiger partial charge in [0.2, 0.25) is 12.5 Å². The number of carbonyl (C=O) groups excluding carboxylic acids is 1. The van der Waals surface area contributed by atoms with E-state index in [2.05, 4.69) is 30.7 Å². The standard InChI is InChI=1S/C24H26N8O3/c1-24(2,25)23(33)28-19(13-21-27-18-11-7-8-12-20(18)35-21)22-29-30-31-32(22)16(14-26-3)15-34-17-9-5-4-6-10-17/h4-12,16,19H,13-15,25H2,1-2H3,(H,28,33)/t16?,19-/m1/s1. The van der Waals surface area contributed by atoms with Crippen LogP contribution in [0.25, 0.3) is 15.9 Å². The molecular formula is C24H26N8O3. The van der Waals surface area contributed by atoms with E-state index in [1.165, 1.54) is 4.68 Å². The van der Waals surface area contributed by atoms with E-state index in [9.17, 15) is 4.79 Å². The molecule has 0 aliphatic rings. The Labute approximate surface area is 202 Å². The SMILES string of the molecule is [C-]#[N+]CC(COc1ccccc1)n1nnnc1[C@@H](Cc1nc2ccccc2o1)NC(=O)C(C)(C)N. The molecule has 4 aromatic rings. The van der Waals surface area contributed by atoms with Crippen LogP contribution in [0.4, 0.5) is 0 Å². The second-order valence-electron chi connectivity index (χ2n) is 8.63. The van der Waals surface area contributed by atoms with Crippen LogP contribution in [-0.2, 0) is 11.2 Å². The first kappa shape index (κ1) is 23.8. The lowest BCUT2D eigenvalue weighted by molar-refractivity contribution is -0.126. The fourth-order valence-corrected chi connectivity index (χ4v) is 3.44. The molecule has 0 radical (unpaired) electrons. The number of nitrogens with two attached hydrogens (primary N) is 1. The average Bonchev–Trinajstić information content (AvgIpc) is 3.48. The zero-order valence-corrected chi connectivity index (χ0v) is 19.5. The first-order valence-corrected chi connectivity index (χ1v) is 11.1. The summed E-state index contributed by atoms with van der Waals surface area (Å²) < 4.78 is 13.3. The number of fused-ring (bicyclic) bond motifs is 1. The molecule has 4 rings (SSSR count). The minimum atomic E-state index is -1.13. The van der Waals surface area contributed by atoms with Crippen LogP contribution in [-0.4, -0.2) is 49.8 Å². The van der Waals surface area contributed by atoms with Crippen molar-refractivity contribution in [1.82, 2.24) is 30.5 Å². The molecule has 11 heteroatoms. The number of tetrazole rings is 1. The summed E-state index contributed by atoms with van der Waals surface area (Å²) in [7, 11) is 0. The van der Waals surface area contributed by atoms with Gasteiger partial charge in [0.25, 0.3) is 0 Å². The Morgan fingerprint density at radius 2 is 1.97 bits per heavy atom. The topological polar surface area (TPSA) is 138 Å². The third kappa shape index (κ3) is 5.80. The van der Waals surface area contributed by atoms with Gasteiger partial charge in [-0.05, 0) is 48.5 Å². The fourth-order valence-electron chi connectivity index (χ4n) is 3.44. The summed E-state index contributed by atoms with van der Waals surface area (Å²) in [5.74, 6) is 1.02. The van der Waals surface area contributed by atoms with Gasteiger partial charge in [0.05, 0.1) is 18.0 Å². The molecule has 0 aliphatic carbocycles. The maximum atomic E-state index is 12.8. The number of amides is 1. The van der Waals surface area contributed by atoms with Crippen LogP contribution in [0.5, 0.6) is 5.75 Å². The lowest BCUT2D eigenvalue weighted by Crippen LogP contribution is -2.50. The smallest absolute Gasteiger partial charge is 0.240 e. The van der Waals surface area contributed by atoms with Crippen molar-refractivity contribution in [3.05, 3.63) is 77.7 Å². The van der Waals surface area contributed by atoms with Gasteiger partial charge < -0.3 is 25.0 Å². The van der Waals surface area contributed by atoms with Crippen molar-refractivity contribution in [1.29, 1.82) is 0 Å². The van der Waals surface area contributed by atoms with E-state index in [1.807, 2.05) is 54.6 Å². The highest BCUT2D eigenvalue weighted by atomic mass is 16.5. The van der Waals surface area contributed by atoms with Crippen LogP contribution < -0.4 is 15.8 Å². The Kier molecular flexibility index (Phi) is 7.03. The van der Waals surface area contributed by atoms with Crippen molar-refractivity contribution < 1.29 is 13.9 Å². The number of rotatable bonds is 10. The van der Waals surface area contributed by atoms with Gasteiger partial charge in [0.15, 0.2) is 23.3 Å². The summed E-state index contributed by atoms with van der Waals surface area (Å²) >= 11 is 0. The number of oxazole rings is 1. The van der Waals surface area contributed by atoms with E-state index in [0.29, 0.717) is 28.6 Å². The molecule has 0 saturated carbocycles. The summed E-state index contributed by atoms with van der Waals surface area (Å²) in [5.41, 5.74) is 6.22. The van der Waals surface area contributed by atoms with E-state index in [4.69, 9.17) is 21.5 Å². The molecule has 0 saturated heterocycles. The minimum Gasteiger partial charge on any atom is -0.491 e. The number of aromatic nitrogens is 5. The third-order valence-corrected chi connectivity index (χ3v) is 5.27. The maximum absolute atomic E-state index is 12.8. The largest absolute Gasteiger partial charge is 0.491 e. The number of carbonyl (C=O) groups is 1. The van der Waals surface area contributed by atoms with Crippen molar-refractivity contribution in [3.63, 3.8) is 0 Å². The van der Waals surface area contributed by atoms with Gasteiger partial charge in [-0.15, -0.1) is 5.10 Å². The normalized spacial score (nSPS) is 13.2. The minimum absolute atomic E-state index is 0.0802. The van der Waals surface area contributed by atoms with Gasteiger partial charge in [-0.3, -0.25) is 4.79 Å². The first-order chi connectivity index (χ1) is 16.8. The second-order valence-corrected chi connectivity index (χ2v) is 8.63. The van der Waals surface area contributed by atoms with Crippen LogP contribution in [0, 0.1) is 6.57 Å². The van der Waals surface area contributed by atoms with Gasteiger partial charge in [-0.2, -0.15) is 0 Å². The van der Waals surface area contributed by atoms with Crippen LogP contribution in [0.2, 0.25) is 0 Å². The highest BCUT2D eigenvalue weighted by Gasteiger charge is 2.32. The molecule has 11 nitrogen and oxygen atoms in total. The Balaban J connectivity index is 1.64. The van der Waals surface area contributed by atoms with Crippen molar-refractivity contribution in [2.45, 2.75) is 37.9 Å². The van der Waals surface area contributed by atoms with Crippen LogP contribution in [0.3, 0.4) is 0 Å². The number of nitrogens with zero attached hydrogens (tertiary/aromatic N) is 6. The Morgan fingerprint density at radius 3 is 2.69 bits per heavy atom. The zero-order valence-electron chi connectivity index (χ0n) is 19.5. The van der Waals surface area contributed by atoms with Crippen LogP contribution >= 0.6 is 0 Å². The number of para-hydroxylation sites is 3. The Bertz CT molecular complexity index is 1290. The quantitative estimate of drug-likeness (QED) is 0.334. The number of hydrogen-bond acceptors (Lipinski definition) is 8. The molecule has 2 atom stereocenters. The summed E-state index contributed by atoms with van der Waals surface area (Å²) in [5, 5.41) is 15.0. The highest BCUT2D eigenvalue weighted by molar-refractivity contribution is 5.85. The van der Waals surface area contributed by atoms with E-state index in [1.54, 1.807) is 13.8 Å². The van der Waals surface area contributed by atoms with Gasteiger partial charge in [0.1, 0.15) is 17.9 Å². The van der Waals surface area contributed by atoms with Gasteiger partial charge in [-0.25, -0.2) is 16.2 Å². The van der Waals surface area contributed by atoms with Gasteiger partial charge in [0, 0.05) is 0 Å². The highest BCUT2D eigenvalue weighted by Crippen LogP contribution is 2.23.